The molecule has 0 unspecified atom stereocenters. The number of nitrogen functional groups attached to an aromatic ring is 1. The second-order valence-corrected chi connectivity index (χ2v) is 4.51. The van der Waals surface area contributed by atoms with Gasteiger partial charge in [-0.2, -0.15) is 0 Å². The fraction of sp³-hybridized carbons (Fsp3) is 0.583. The molecule has 1 saturated carbocycles. The maximum Gasteiger partial charge on any atom is 0.310 e. The lowest BCUT2D eigenvalue weighted by atomic mass is 10.2. The van der Waals surface area contributed by atoms with Gasteiger partial charge in [-0.1, -0.05) is 0 Å². The second kappa shape index (κ2) is 5.20. The summed E-state index contributed by atoms with van der Waals surface area (Å²) in [7, 11) is 0. The van der Waals surface area contributed by atoms with Crippen LogP contribution in [-0.4, -0.2) is 22.5 Å². The van der Waals surface area contributed by atoms with Crippen molar-refractivity contribution >= 4 is 11.8 Å². The predicted molar refractivity (Wildman–Crippen MR) is 66.0 cm³/mol. The van der Waals surface area contributed by atoms with E-state index in [4.69, 9.17) is 10.5 Å². The van der Waals surface area contributed by atoms with E-state index in [9.17, 15) is 9.59 Å². The SMILES string of the molecule is CCOC(=O)Cc1c(N)nc(CC2CC2)[nH]c1=O. The molecule has 0 radical (unpaired) electrons. The van der Waals surface area contributed by atoms with E-state index in [1.54, 1.807) is 6.92 Å². The Kier molecular flexibility index (Phi) is 3.64. The lowest BCUT2D eigenvalue weighted by Crippen LogP contribution is -2.23. The highest BCUT2D eigenvalue weighted by Gasteiger charge is 2.23. The van der Waals surface area contributed by atoms with E-state index in [1.165, 1.54) is 12.8 Å². The molecule has 1 aromatic heterocycles. The van der Waals surface area contributed by atoms with E-state index in [0.29, 0.717) is 11.7 Å². The van der Waals surface area contributed by atoms with Crippen molar-refractivity contribution in [2.45, 2.75) is 32.6 Å². The van der Waals surface area contributed by atoms with Crippen LogP contribution in [0.4, 0.5) is 5.82 Å². The first-order chi connectivity index (χ1) is 8.60. The maximum absolute atomic E-state index is 11.8. The van der Waals surface area contributed by atoms with Gasteiger partial charge in [-0.05, 0) is 25.7 Å². The van der Waals surface area contributed by atoms with Gasteiger partial charge in [0.2, 0.25) is 0 Å². The van der Waals surface area contributed by atoms with Crippen LogP contribution in [0, 0.1) is 5.92 Å². The average molecular weight is 251 g/mol. The molecule has 0 aromatic carbocycles. The number of H-pyrrole nitrogens is 1. The molecular weight excluding hydrogens is 234 g/mol. The Morgan fingerprint density at radius 1 is 1.56 bits per heavy atom. The minimum absolute atomic E-state index is 0.127. The third kappa shape index (κ3) is 3.09. The Balaban J connectivity index is 2.15. The zero-order chi connectivity index (χ0) is 13.1. The first-order valence-electron chi connectivity index (χ1n) is 6.13. The van der Waals surface area contributed by atoms with Gasteiger partial charge >= 0.3 is 5.97 Å². The number of aromatic nitrogens is 2. The molecule has 1 fully saturated rings. The highest BCUT2D eigenvalue weighted by molar-refractivity contribution is 5.74. The van der Waals surface area contributed by atoms with Crippen molar-refractivity contribution < 1.29 is 9.53 Å². The molecule has 2 rings (SSSR count). The zero-order valence-corrected chi connectivity index (χ0v) is 10.4. The summed E-state index contributed by atoms with van der Waals surface area (Å²) in [6.07, 6.45) is 2.97. The van der Waals surface area contributed by atoms with Gasteiger partial charge in [0, 0.05) is 6.42 Å². The molecule has 0 saturated heterocycles. The van der Waals surface area contributed by atoms with Gasteiger partial charge in [0.25, 0.3) is 5.56 Å². The summed E-state index contributed by atoms with van der Waals surface area (Å²) in [5.41, 5.74) is 5.57. The van der Waals surface area contributed by atoms with Crippen molar-refractivity contribution in [3.8, 4) is 0 Å². The molecule has 1 aromatic rings. The molecule has 1 heterocycles. The number of rotatable bonds is 5. The molecule has 1 aliphatic carbocycles. The number of aromatic amines is 1. The number of anilines is 1. The molecule has 3 N–H and O–H groups in total. The van der Waals surface area contributed by atoms with Crippen LogP contribution in [0.15, 0.2) is 4.79 Å². The minimum atomic E-state index is -0.466. The van der Waals surface area contributed by atoms with Gasteiger partial charge in [0.05, 0.1) is 18.6 Å². The number of esters is 1. The number of hydrogen-bond donors (Lipinski definition) is 2. The van der Waals surface area contributed by atoms with Crippen LogP contribution in [-0.2, 0) is 22.4 Å². The summed E-state index contributed by atoms with van der Waals surface area (Å²) in [6, 6.07) is 0. The lowest BCUT2D eigenvalue weighted by Gasteiger charge is -2.06. The van der Waals surface area contributed by atoms with Crippen molar-refractivity contribution in [3.05, 3.63) is 21.7 Å². The van der Waals surface area contributed by atoms with Crippen LogP contribution in [0.25, 0.3) is 0 Å². The largest absolute Gasteiger partial charge is 0.466 e. The standard InChI is InChI=1S/C12H17N3O3/c1-2-18-10(16)6-8-11(13)14-9(15-12(8)17)5-7-3-4-7/h7H,2-6H2,1H3,(H3,13,14,15,17). The van der Waals surface area contributed by atoms with Gasteiger partial charge < -0.3 is 15.5 Å². The van der Waals surface area contributed by atoms with Crippen LogP contribution in [0.3, 0.4) is 0 Å². The van der Waals surface area contributed by atoms with Crippen molar-refractivity contribution in [2.75, 3.05) is 12.3 Å². The number of nitrogens with one attached hydrogen (secondary N) is 1. The topological polar surface area (TPSA) is 98.1 Å². The summed E-state index contributed by atoms with van der Waals surface area (Å²) in [6.45, 7) is 1.99. The molecule has 18 heavy (non-hydrogen) atoms. The van der Waals surface area contributed by atoms with E-state index < -0.39 is 5.97 Å². The Morgan fingerprint density at radius 2 is 2.28 bits per heavy atom. The van der Waals surface area contributed by atoms with Gasteiger partial charge in [0.15, 0.2) is 0 Å². The molecule has 0 amide bonds. The zero-order valence-electron chi connectivity index (χ0n) is 10.4. The number of carbonyl (C=O) groups excluding carboxylic acids is 1. The molecule has 98 valence electrons. The van der Waals surface area contributed by atoms with E-state index in [1.807, 2.05) is 0 Å². The molecule has 6 nitrogen and oxygen atoms in total. The Morgan fingerprint density at radius 3 is 2.83 bits per heavy atom. The number of carbonyl (C=O) groups is 1. The molecular formula is C12H17N3O3. The lowest BCUT2D eigenvalue weighted by molar-refractivity contribution is -0.142. The fourth-order valence-electron chi connectivity index (χ4n) is 1.78. The molecule has 1 aliphatic rings. The van der Waals surface area contributed by atoms with Crippen LogP contribution in [0.2, 0.25) is 0 Å². The molecule has 0 aliphatic heterocycles. The Labute approximate surface area is 105 Å². The quantitative estimate of drug-likeness (QED) is 0.738. The Bertz CT molecular complexity index is 506. The van der Waals surface area contributed by atoms with Crippen LogP contribution in [0.1, 0.15) is 31.2 Å². The van der Waals surface area contributed by atoms with E-state index >= 15 is 0 Å². The predicted octanol–water partition coefficient (Wildman–Crippen LogP) is 0.410. The summed E-state index contributed by atoms with van der Waals surface area (Å²) >= 11 is 0. The maximum atomic E-state index is 11.8. The second-order valence-electron chi connectivity index (χ2n) is 4.51. The fourth-order valence-corrected chi connectivity index (χ4v) is 1.78. The summed E-state index contributed by atoms with van der Waals surface area (Å²) in [5, 5.41) is 0. The number of nitrogens with zero attached hydrogens (tertiary/aromatic N) is 1. The molecule has 0 atom stereocenters. The van der Waals surface area contributed by atoms with Gasteiger partial charge in [0.1, 0.15) is 11.6 Å². The van der Waals surface area contributed by atoms with Crippen molar-refractivity contribution in [1.29, 1.82) is 0 Å². The first-order valence-corrected chi connectivity index (χ1v) is 6.13. The van der Waals surface area contributed by atoms with Crippen molar-refractivity contribution in [2.24, 2.45) is 5.92 Å². The third-order valence-corrected chi connectivity index (χ3v) is 2.90. The van der Waals surface area contributed by atoms with Gasteiger partial charge in [-0.15, -0.1) is 0 Å². The molecule has 0 bridgehead atoms. The summed E-state index contributed by atoms with van der Waals surface area (Å²) in [5.74, 6) is 0.880. The van der Waals surface area contributed by atoms with Crippen LogP contribution in [0.5, 0.6) is 0 Å². The number of hydrogen-bond acceptors (Lipinski definition) is 5. The van der Waals surface area contributed by atoms with Crippen LogP contribution >= 0.6 is 0 Å². The smallest absolute Gasteiger partial charge is 0.310 e. The minimum Gasteiger partial charge on any atom is -0.466 e. The van der Waals surface area contributed by atoms with E-state index in [0.717, 1.165) is 6.42 Å². The Hall–Kier alpha value is -1.85. The normalized spacial score (nSPS) is 14.5. The average Bonchev–Trinajstić information content (AvgIpc) is 3.08. The summed E-state index contributed by atoms with van der Waals surface area (Å²) in [4.78, 5) is 30.0. The van der Waals surface area contributed by atoms with Crippen LogP contribution < -0.4 is 11.3 Å². The van der Waals surface area contributed by atoms with Crippen molar-refractivity contribution in [3.63, 3.8) is 0 Å². The number of nitrogens with two attached hydrogens (primary N) is 1. The van der Waals surface area contributed by atoms with Gasteiger partial charge in [-0.3, -0.25) is 9.59 Å². The highest BCUT2D eigenvalue weighted by Crippen LogP contribution is 2.31. The summed E-state index contributed by atoms with van der Waals surface area (Å²) < 4.78 is 4.79. The highest BCUT2D eigenvalue weighted by atomic mass is 16.5. The van der Waals surface area contributed by atoms with E-state index in [2.05, 4.69) is 9.97 Å². The first kappa shape index (κ1) is 12.6. The van der Waals surface area contributed by atoms with Gasteiger partial charge in [-0.25, -0.2) is 4.98 Å². The molecule has 0 spiro atoms. The third-order valence-electron chi connectivity index (χ3n) is 2.90. The monoisotopic (exact) mass is 251 g/mol. The van der Waals surface area contributed by atoms with E-state index in [-0.39, 0.29) is 30.0 Å². The number of ether oxygens (including phenoxy) is 1. The molecule has 6 heteroatoms. The van der Waals surface area contributed by atoms with Crippen molar-refractivity contribution in [1.82, 2.24) is 9.97 Å².